The molecular formula is C36H35Cl2N7O6. The van der Waals surface area contributed by atoms with E-state index in [0.717, 1.165) is 24.5 Å². The van der Waals surface area contributed by atoms with Crippen molar-refractivity contribution in [2.45, 2.75) is 24.4 Å². The summed E-state index contributed by atoms with van der Waals surface area (Å²) in [4.78, 5) is 55.8. The molecule has 0 bridgehead atoms. The van der Waals surface area contributed by atoms with Crippen molar-refractivity contribution in [1.82, 2.24) is 24.4 Å². The van der Waals surface area contributed by atoms with Crippen molar-refractivity contribution >= 4 is 51.6 Å². The van der Waals surface area contributed by atoms with Gasteiger partial charge in [0, 0.05) is 61.5 Å². The Morgan fingerprint density at radius 2 is 1.86 bits per heavy atom. The van der Waals surface area contributed by atoms with Crippen molar-refractivity contribution in [3.8, 4) is 17.4 Å². The van der Waals surface area contributed by atoms with Gasteiger partial charge in [0.05, 0.1) is 41.3 Å². The third-order valence-corrected chi connectivity index (χ3v) is 10.2. The van der Waals surface area contributed by atoms with Crippen LogP contribution in [0.2, 0.25) is 10.0 Å². The number of halogens is 2. The number of aromatic nitrogens is 4. The molecule has 13 nitrogen and oxygen atoms in total. The van der Waals surface area contributed by atoms with Crippen LogP contribution in [0.4, 0.5) is 11.5 Å². The fraction of sp³-hybridized carbons (Fsp3) is 0.306. The van der Waals surface area contributed by atoms with E-state index in [-0.39, 0.29) is 46.0 Å². The van der Waals surface area contributed by atoms with E-state index in [1.165, 1.54) is 25.4 Å². The van der Waals surface area contributed by atoms with Crippen LogP contribution < -0.4 is 30.3 Å². The number of aromatic amines is 1. The van der Waals surface area contributed by atoms with Crippen molar-refractivity contribution in [3.05, 3.63) is 109 Å². The highest BCUT2D eigenvalue weighted by atomic mass is 35.5. The van der Waals surface area contributed by atoms with Gasteiger partial charge < -0.3 is 38.8 Å². The maximum Gasteiger partial charge on any atom is 0.341 e. The van der Waals surface area contributed by atoms with Crippen LogP contribution in [0.3, 0.4) is 0 Å². The molecule has 7 rings (SSSR count). The van der Waals surface area contributed by atoms with Crippen LogP contribution in [-0.2, 0) is 0 Å². The summed E-state index contributed by atoms with van der Waals surface area (Å²) < 4.78 is 13.1. The fourth-order valence-corrected chi connectivity index (χ4v) is 7.11. The van der Waals surface area contributed by atoms with Crippen LogP contribution in [0.25, 0.3) is 16.6 Å². The summed E-state index contributed by atoms with van der Waals surface area (Å²) in [7, 11) is 5.61. The van der Waals surface area contributed by atoms with Crippen molar-refractivity contribution in [2.75, 3.05) is 57.2 Å². The maximum absolute atomic E-state index is 13.5. The first-order valence-corrected chi connectivity index (χ1v) is 17.0. The van der Waals surface area contributed by atoms with E-state index < -0.39 is 11.4 Å². The summed E-state index contributed by atoms with van der Waals surface area (Å²) in [6.45, 7) is 2.38. The van der Waals surface area contributed by atoms with Gasteiger partial charge in [-0.15, -0.1) is 0 Å². The number of methoxy groups -OCH3 is 1. The van der Waals surface area contributed by atoms with Crippen LogP contribution in [0, 0.1) is 0 Å². The van der Waals surface area contributed by atoms with Crippen LogP contribution in [0.1, 0.15) is 28.3 Å². The lowest BCUT2D eigenvalue weighted by atomic mass is 9.98. The molecule has 2 saturated heterocycles. The molecule has 0 radical (unpaired) electrons. The zero-order chi connectivity index (χ0) is 36.0. The second kappa shape index (κ2) is 13.9. The SMILES string of the molecule is COc1ccc(Cl)c(OC[C@H]2CC(c3ccc(=O)[nH]c3)CN2c2cc3c(cc2Cl)c(=O)c(C(=O)O)cn3-c2ccc(N3CC(N(C)C)C3)nc2)n1. The molecule has 0 saturated carbocycles. The summed E-state index contributed by atoms with van der Waals surface area (Å²) in [5.41, 5.74) is 1.35. The zero-order valence-corrected chi connectivity index (χ0v) is 29.6. The molecule has 51 heavy (non-hydrogen) atoms. The minimum atomic E-state index is -1.35. The average Bonchev–Trinajstić information content (AvgIpc) is 3.51. The number of pyridine rings is 4. The monoisotopic (exact) mass is 731 g/mol. The number of rotatable bonds is 10. The van der Waals surface area contributed by atoms with Gasteiger partial charge in [0.1, 0.15) is 23.0 Å². The molecule has 2 atom stereocenters. The number of nitrogens with one attached hydrogen (secondary N) is 1. The van der Waals surface area contributed by atoms with Gasteiger partial charge in [0.25, 0.3) is 0 Å². The topological polar surface area (TPSA) is 146 Å². The van der Waals surface area contributed by atoms with Crippen molar-refractivity contribution in [3.63, 3.8) is 0 Å². The fourth-order valence-electron chi connectivity index (χ4n) is 6.68. The predicted octanol–water partition coefficient (Wildman–Crippen LogP) is 4.67. The number of H-pyrrole nitrogens is 1. The molecule has 4 aromatic heterocycles. The quantitative estimate of drug-likeness (QED) is 0.207. The van der Waals surface area contributed by atoms with E-state index >= 15 is 0 Å². The highest BCUT2D eigenvalue weighted by Crippen LogP contribution is 2.40. The number of carboxylic acid groups (broad SMARTS) is 1. The number of benzene rings is 1. The molecule has 15 heteroatoms. The van der Waals surface area contributed by atoms with E-state index in [0.29, 0.717) is 46.8 Å². The number of carbonyl (C=O) groups is 1. The summed E-state index contributed by atoms with van der Waals surface area (Å²) >= 11 is 13.4. The third kappa shape index (κ3) is 6.72. The molecule has 2 aliphatic rings. The minimum Gasteiger partial charge on any atom is -0.481 e. The van der Waals surface area contributed by atoms with E-state index in [1.54, 1.807) is 41.2 Å². The van der Waals surface area contributed by atoms with Crippen molar-refractivity contribution < 1.29 is 19.4 Å². The van der Waals surface area contributed by atoms with E-state index in [1.807, 2.05) is 12.1 Å². The number of hydrogen-bond donors (Lipinski definition) is 2. The second-order valence-corrected chi connectivity index (χ2v) is 13.8. The summed E-state index contributed by atoms with van der Waals surface area (Å²) in [6.07, 6.45) is 5.34. The van der Waals surface area contributed by atoms with Crippen LogP contribution >= 0.6 is 23.2 Å². The molecule has 2 fully saturated rings. The molecule has 6 heterocycles. The standard InChI is InChI=1S/C36H35Cl2N7O6/c1-42(2)24-16-43(17-24)31-7-5-22(14-39-31)45-18-26(36(48)49)34(47)25-11-28(38)30(12-29(25)45)44-15-21(20-4-8-32(46)40-13-20)10-23(44)19-51-35-27(37)6-9-33(41-35)50-3/h4-9,11-14,18,21,23-24H,10,15-17,19H2,1-3H3,(H,40,46)(H,48,49)/t21?,23-/m1/s1. The molecule has 0 spiro atoms. The molecule has 5 aromatic rings. The van der Waals surface area contributed by atoms with Gasteiger partial charge in [-0.2, -0.15) is 4.98 Å². The number of aromatic carboxylic acids is 1. The molecule has 2 aliphatic heterocycles. The Morgan fingerprint density at radius 1 is 1.06 bits per heavy atom. The predicted molar refractivity (Wildman–Crippen MR) is 196 cm³/mol. The third-order valence-electron chi connectivity index (χ3n) is 9.64. The molecule has 1 aromatic carbocycles. The van der Waals surface area contributed by atoms with Gasteiger partial charge in [-0.05, 0) is 56.4 Å². The number of nitrogens with zero attached hydrogens (tertiary/aromatic N) is 6. The highest BCUT2D eigenvalue weighted by Gasteiger charge is 2.36. The summed E-state index contributed by atoms with van der Waals surface area (Å²) in [6, 6.07) is 13.9. The Balaban J connectivity index is 1.29. The maximum atomic E-state index is 13.5. The number of hydrogen-bond acceptors (Lipinski definition) is 10. The first-order valence-electron chi connectivity index (χ1n) is 16.3. The number of ether oxygens (including phenoxy) is 2. The summed E-state index contributed by atoms with van der Waals surface area (Å²) in [5.74, 6) is 0.0156. The van der Waals surface area contributed by atoms with Gasteiger partial charge in [0.15, 0.2) is 0 Å². The van der Waals surface area contributed by atoms with Gasteiger partial charge in [-0.1, -0.05) is 29.3 Å². The van der Waals surface area contributed by atoms with Gasteiger partial charge in [-0.25, -0.2) is 9.78 Å². The first-order chi connectivity index (χ1) is 24.5. The Bertz CT molecular complexity index is 2220. The smallest absolute Gasteiger partial charge is 0.341 e. The molecule has 264 valence electrons. The average molecular weight is 733 g/mol. The van der Waals surface area contributed by atoms with E-state index in [2.05, 4.69) is 43.7 Å². The lowest BCUT2D eigenvalue weighted by Crippen LogP contribution is -2.57. The number of likely N-dealkylation sites (N-methyl/N-ethyl adjacent to an activating group) is 1. The van der Waals surface area contributed by atoms with E-state index in [4.69, 9.17) is 32.7 Å². The second-order valence-electron chi connectivity index (χ2n) is 12.9. The molecular weight excluding hydrogens is 697 g/mol. The van der Waals surface area contributed by atoms with Crippen molar-refractivity contribution in [2.24, 2.45) is 0 Å². The van der Waals surface area contributed by atoms with Gasteiger partial charge >= 0.3 is 5.97 Å². The molecule has 1 unspecified atom stereocenters. The van der Waals surface area contributed by atoms with Crippen LogP contribution in [0.5, 0.6) is 11.8 Å². The summed E-state index contributed by atoms with van der Waals surface area (Å²) in [5, 5.41) is 10.7. The van der Waals surface area contributed by atoms with Gasteiger partial charge in [-0.3, -0.25) is 9.59 Å². The molecule has 0 amide bonds. The normalized spacial score (nSPS) is 17.6. The minimum absolute atomic E-state index is 0.0159. The highest BCUT2D eigenvalue weighted by molar-refractivity contribution is 6.34. The molecule has 2 N–H and O–H groups in total. The Hall–Kier alpha value is -5.11. The lowest BCUT2D eigenvalue weighted by molar-refractivity contribution is 0.0695. The Morgan fingerprint density at radius 3 is 2.53 bits per heavy atom. The molecule has 0 aliphatic carbocycles. The Labute approximate surface area is 302 Å². The van der Waals surface area contributed by atoms with E-state index in [9.17, 15) is 19.5 Å². The number of fused-ring (bicyclic) bond motifs is 1. The Kier molecular flexibility index (Phi) is 9.36. The zero-order valence-electron chi connectivity index (χ0n) is 28.0. The lowest BCUT2D eigenvalue weighted by Gasteiger charge is -2.43. The van der Waals surface area contributed by atoms with Crippen LogP contribution in [0.15, 0.2) is 76.7 Å². The largest absolute Gasteiger partial charge is 0.481 e. The van der Waals surface area contributed by atoms with Gasteiger partial charge in [0.2, 0.25) is 22.7 Å². The first kappa shape index (κ1) is 34.3. The number of carboxylic acids is 1. The number of anilines is 2. The van der Waals surface area contributed by atoms with Crippen LogP contribution in [-0.4, -0.2) is 95.0 Å². The van der Waals surface area contributed by atoms with Crippen molar-refractivity contribution in [1.29, 1.82) is 0 Å².